The van der Waals surface area contributed by atoms with Gasteiger partial charge in [-0.3, -0.25) is 0 Å². The maximum absolute atomic E-state index is 9.56. The lowest BCUT2D eigenvalue weighted by atomic mass is 10.1. The molecular formula is C9H10Cl2O3. The van der Waals surface area contributed by atoms with Crippen molar-refractivity contribution in [1.29, 1.82) is 0 Å². The molecule has 0 heterocycles. The molecule has 0 aliphatic rings. The first kappa shape index (κ1) is 11.6. The van der Waals surface area contributed by atoms with E-state index in [4.69, 9.17) is 23.2 Å². The summed E-state index contributed by atoms with van der Waals surface area (Å²) >= 11 is 11.1. The smallest absolute Gasteiger partial charge is 0.134 e. The Morgan fingerprint density at radius 3 is 2.50 bits per heavy atom. The lowest BCUT2D eigenvalue weighted by Gasteiger charge is -2.17. The second-order valence-electron chi connectivity index (χ2n) is 2.85. The molecule has 0 saturated carbocycles. The van der Waals surface area contributed by atoms with Crippen molar-refractivity contribution in [2.45, 2.75) is 12.2 Å². The van der Waals surface area contributed by atoms with Crippen molar-refractivity contribution in [2.24, 2.45) is 0 Å². The van der Waals surface area contributed by atoms with Crippen LogP contribution in [-0.4, -0.2) is 27.3 Å². The van der Waals surface area contributed by atoms with Crippen LogP contribution in [0.4, 0.5) is 0 Å². The van der Waals surface area contributed by atoms with E-state index in [2.05, 4.69) is 0 Å². The summed E-state index contributed by atoms with van der Waals surface area (Å²) < 4.78 is 0. The van der Waals surface area contributed by atoms with Gasteiger partial charge in [-0.2, -0.15) is 0 Å². The van der Waals surface area contributed by atoms with Crippen molar-refractivity contribution in [3.8, 4) is 5.75 Å². The standard InChI is InChI=1S/C9H10Cl2O3/c10-4-7(13)9(14)5-2-1-3-6(12)8(5)11/h1-3,7,9,12-14H,4H2. The number of aliphatic hydroxyl groups excluding tert-OH is 2. The van der Waals surface area contributed by atoms with E-state index in [9.17, 15) is 15.3 Å². The summed E-state index contributed by atoms with van der Waals surface area (Å²) in [6.45, 7) is 0. The quantitative estimate of drug-likeness (QED) is 0.701. The van der Waals surface area contributed by atoms with Gasteiger partial charge < -0.3 is 15.3 Å². The number of phenolic OH excluding ortho intramolecular Hbond substituents is 1. The summed E-state index contributed by atoms with van der Waals surface area (Å²) in [5.41, 5.74) is 0.264. The molecular weight excluding hydrogens is 227 g/mol. The highest BCUT2D eigenvalue weighted by Crippen LogP contribution is 2.32. The number of rotatable bonds is 3. The minimum absolute atomic E-state index is 0.0316. The summed E-state index contributed by atoms with van der Waals surface area (Å²) in [6, 6.07) is 4.44. The zero-order chi connectivity index (χ0) is 10.7. The summed E-state index contributed by atoms with van der Waals surface area (Å²) in [7, 11) is 0. The SMILES string of the molecule is Oc1cccc(C(O)C(O)CCl)c1Cl. The van der Waals surface area contributed by atoms with Gasteiger partial charge in [0.05, 0.1) is 17.0 Å². The van der Waals surface area contributed by atoms with Gasteiger partial charge in [0.15, 0.2) is 0 Å². The maximum Gasteiger partial charge on any atom is 0.134 e. The number of hydrogen-bond acceptors (Lipinski definition) is 3. The van der Waals surface area contributed by atoms with E-state index < -0.39 is 12.2 Å². The first-order chi connectivity index (χ1) is 6.57. The number of benzene rings is 1. The lowest BCUT2D eigenvalue weighted by molar-refractivity contribution is 0.0327. The van der Waals surface area contributed by atoms with Gasteiger partial charge in [0.2, 0.25) is 0 Å². The molecule has 78 valence electrons. The highest BCUT2D eigenvalue weighted by Gasteiger charge is 2.20. The number of alkyl halides is 1. The van der Waals surface area contributed by atoms with Crippen LogP contribution in [0.15, 0.2) is 18.2 Å². The van der Waals surface area contributed by atoms with Gasteiger partial charge in [-0.25, -0.2) is 0 Å². The number of phenols is 1. The number of aliphatic hydroxyl groups is 2. The van der Waals surface area contributed by atoms with Crippen LogP contribution >= 0.6 is 23.2 Å². The molecule has 0 amide bonds. The molecule has 0 saturated heterocycles. The van der Waals surface area contributed by atoms with Gasteiger partial charge in [0.25, 0.3) is 0 Å². The van der Waals surface area contributed by atoms with E-state index in [0.717, 1.165) is 0 Å². The molecule has 2 unspecified atom stereocenters. The molecule has 0 fully saturated rings. The normalized spacial score (nSPS) is 15.1. The molecule has 3 N–H and O–H groups in total. The third-order valence-corrected chi connectivity index (χ3v) is 2.58. The first-order valence-electron chi connectivity index (χ1n) is 3.97. The summed E-state index contributed by atoms with van der Waals surface area (Å²) in [4.78, 5) is 0. The molecule has 5 heteroatoms. The zero-order valence-electron chi connectivity index (χ0n) is 7.19. The fraction of sp³-hybridized carbons (Fsp3) is 0.333. The summed E-state index contributed by atoms with van der Waals surface area (Å²) in [5.74, 6) is -0.238. The van der Waals surface area contributed by atoms with Crippen LogP contribution in [0.1, 0.15) is 11.7 Å². The molecule has 1 aromatic rings. The predicted octanol–water partition coefficient (Wildman–Crippen LogP) is 1.68. The Morgan fingerprint density at radius 1 is 1.29 bits per heavy atom. The van der Waals surface area contributed by atoms with Crippen molar-refractivity contribution in [1.82, 2.24) is 0 Å². The highest BCUT2D eigenvalue weighted by molar-refractivity contribution is 6.32. The first-order valence-corrected chi connectivity index (χ1v) is 4.88. The van der Waals surface area contributed by atoms with Gasteiger partial charge in [-0.1, -0.05) is 23.7 Å². The Hall–Kier alpha value is -0.480. The predicted molar refractivity (Wildman–Crippen MR) is 54.8 cm³/mol. The van der Waals surface area contributed by atoms with Crippen molar-refractivity contribution in [2.75, 3.05) is 5.88 Å². The van der Waals surface area contributed by atoms with Crippen molar-refractivity contribution in [3.05, 3.63) is 28.8 Å². The monoisotopic (exact) mass is 236 g/mol. The Morgan fingerprint density at radius 2 is 1.93 bits per heavy atom. The minimum Gasteiger partial charge on any atom is -0.506 e. The van der Waals surface area contributed by atoms with Crippen molar-refractivity contribution < 1.29 is 15.3 Å². The molecule has 0 aliphatic carbocycles. The van der Waals surface area contributed by atoms with Crippen LogP contribution in [0.3, 0.4) is 0 Å². The van der Waals surface area contributed by atoms with Gasteiger partial charge >= 0.3 is 0 Å². The van der Waals surface area contributed by atoms with E-state index in [0.29, 0.717) is 0 Å². The van der Waals surface area contributed by atoms with Crippen LogP contribution in [-0.2, 0) is 0 Å². The highest BCUT2D eigenvalue weighted by atomic mass is 35.5. The second kappa shape index (κ2) is 4.84. The minimum atomic E-state index is -1.19. The average Bonchev–Trinajstić information content (AvgIpc) is 2.20. The van der Waals surface area contributed by atoms with E-state index in [-0.39, 0.29) is 22.2 Å². The van der Waals surface area contributed by atoms with Crippen LogP contribution < -0.4 is 0 Å². The molecule has 0 aromatic heterocycles. The zero-order valence-corrected chi connectivity index (χ0v) is 8.70. The van der Waals surface area contributed by atoms with Crippen LogP contribution in [0.25, 0.3) is 0 Å². The average molecular weight is 237 g/mol. The Labute approximate surface area is 91.5 Å². The maximum atomic E-state index is 9.56. The Balaban J connectivity index is 3.01. The van der Waals surface area contributed by atoms with Crippen LogP contribution in [0.2, 0.25) is 5.02 Å². The third-order valence-electron chi connectivity index (χ3n) is 1.85. The summed E-state index contributed by atoms with van der Waals surface area (Å²) in [5, 5.41) is 28.1. The van der Waals surface area contributed by atoms with Gasteiger partial charge in [-0.05, 0) is 6.07 Å². The van der Waals surface area contributed by atoms with E-state index in [1.165, 1.54) is 18.2 Å². The van der Waals surface area contributed by atoms with Gasteiger partial charge in [0.1, 0.15) is 11.9 Å². The van der Waals surface area contributed by atoms with Gasteiger partial charge in [0, 0.05) is 5.56 Å². The molecule has 14 heavy (non-hydrogen) atoms. The largest absolute Gasteiger partial charge is 0.506 e. The molecule has 2 atom stereocenters. The Kier molecular flexibility index (Phi) is 4.01. The number of hydrogen-bond donors (Lipinski definition) is 3. The molecule has 3 nitrogen and oxygen atoms in total. The molecule has 0 radical (unpaired) electrons. The molecule has 1 rings (SSSR count). The molecule has 0 bridgehead atoms. The van der Waals surface area contributed by atoms with Gasteiger partial charge in [-0.15, -0.1) is 11.6 Å². The molecule has 1 aromatic carbocycles. The van der Waals surface area contributed by atoms with Crippen LogP contribution in [0.5, 0.6) is 5.75 Å². The second-order valence-corrected chi connectivity index (χ2v) is 3.53. The lowest BCUT2D eigenvalue weighted by Crippen LogP contribution is -2.19. The third kappa shape index (κ3) is 2.30. The fourth-order valence-electron chi connectivity index (χ4n) is 1.06. The molecule has 0 spiro atoms. The number of halogens is 2. The van der Waals surface area contributed by atoms with E-state index >= 15 is 0 Å². The Bertz CT molecular complexity index is 317. The molecule has 0 aliphatic heterocycles. The summed E-state index contributed by atoms with van der Waals surface area (Å²) in [6.07, 6.45) is -2.29. The van der Waals surface area contributed by atoms with Crippen molar-refractivity contribution >= 4 is 23.2 Å². The van der Waals surface area contributed by atoms with Crippen molar-refractivity contribution in [3.63, 3.8) is 0 Å². The number of aromatic hydroxyl groups is 1. The van der Waals surface area contributed by atoms with Crippen LogP contribution in [0, 0.1) is 0 Å². The van der Waals surface area contributed by atoms with E-state index in [1.807, 2.05) is 0 Å². The fourth-order valence-corrected chi connectivity index (χ4v) is 1.46. The topological polar surface area (TPSA) is 60.7 Å². The van der Waals surface area contributed by atoms with E-state index in [1.54, 1.807) is 0 Å².